The first-order valence-corrected chi connectivity index (χ1v) is 10.0. The molecule has 1 atom stereocenters. The van der Waals surface area contributed by atoms with Gasteiger partial charge in [0.15, 0.2) is 12.3 Å². The third-order valence-electron chi connectivity index (χ3n) is 4.29. The molecule has 1 N–H and O–H groups in total. The van der Waals surface area contributed by atoms with Crippen molar-refractivity contribution >= 4 is 12.1 Å². The average Bonchev–Trinajstić information content (AvgIpc) is 3.24. The number of hydrogen-bond donors (Lipinski definition) is 1. The van der Waals surface area contributed by atoms with Crippen molar-refractivity contribution in [1.29, 1.82) is 0 Å². The van der Waals surface area contributed by atoms with Gasteiger partial charge in [-0.1, -0.05) is 42.5 Å². The van der Waals surface area contributed by atoms with Crippen LogP contribution in [0.2, 0.25) is 0 Å². The molecule has 0 aliphatic carbocycles. The van der Waals surface area contributed by atoms with Crippen molar-refractivity contribution in [3.63, 3.8) is 0 Å². The summed E-state index contributed by atoms with van der Waals surface area (Å²) in [6.45, 7) is 5.46. The number of alkyl carbamates (subject to hydrolysis) is 1. The van der Waals surface area contributed by atoms with Gasteiger partial charge in [-0.3, -0.25) is 0 Å². The number of rotatable bonds is 7. The lowest BCUT2D eigenvalue weighted by atomic mass is 9.98. The van der Waals surface area contributed by atoms with Crippen LogP contribution in [0.5, 0.6) is 5.75 Å². The predicted molar refractivity (Wildman–Crippen MR) is 116 cm³/mol. The summed E-state index contributed by atoms with van der Waals surface area (Å²) in [5.74, 6) is 0.204. The Balaban J connectivity index is 1.77. The predicted octanol–water partition coefficient (Wildman–Crippen LogP) is 4.65. The van der Waals surface area contributed by atoms with E-state index in [1.165, 1.54) is 13.4 Å². The summed E-state index contributed by atoms with van der Waals surface area (Å²) in [5.41, 5.74) is 1.16. The lowest BCUT2D eigenvalue weighted by Crippen LogP contribution is -2.35. The van der Waals surface area contributed by atoms with Gasteiger partial charge in [0.1, 0.15) is 17.6 Å². The largest absolute Gasteiger partial charge is 0.484 e. The Morgan fingerprint density at radius 2 is 1.78 bits per heavy atom. The molecule has 8 nitrogen and oxygen atoms in total. The van der Waals surface area contributed by atoms with E-state index in [-0.39, 0.29) is 18.2 Å². The quantitative estimate of drug-likeness (QED) is 0.536. The Morgan fingerprint density at radius 1 is 1.06 bits per heavy atom. The van der Waals surface area contributed by atoms with Gasteiger partial charge >= 0.3 is 12.1 Å². The second kappa shape index (κ2) is 10.00. The van der Waals surface area contributed by atoms with Crippen molar-refractivity contribution in [2.24, 2.45) is 0 Å². The minimum atomic E-state index is -0.616. The molecule has 0 saturated carbocycles. The zero-order valence-electron chi connectivity index (χ0n) is 18.5. The first-order valence-electron chi connectivity index (χ1n) is 10.0. The number of methoxy groups -OCH3 is 1. The highest BCUT2D eigenvalue weighted by molar-refractivity contribution is 5.86. The summed E-state index contributed by atoms with van der Waals surface area (Å²) in [6, 6.07) is 16.4. The number of nitrogens with one attached hydrogen (secondary N) is 1. The number of nitrogens with zero attached hydrogens (tertiary/aromatic N) is 1. The number of amides is 1. The van der Waals surface area contributed by atoms with Crippen LogP contribution in [-0.2, 0) is 16.1 Å². The maximum atomic E-state index is 12.5. The highest BCUT2D eigenvalue weighted by Crippen LogP contribution is 2.26. The minimum Gasteiger partial charge on any atom is -0.484 e. The number of hydrogen-bond acceptors (Lipinski definition) is 7. The highest BCUT2D eigenvalue weighted by Gasteiger charge is 2.22. The van der Waals surface area contributed by atoms with Crippen LogP contribution in [0, 0.1) is 0 Å². The maximum Gasteiger partial charge on any atom is 0.408 e. The first-order chi connectivity index (χ1) is 15.2. The smallest absolute Gasteiger partial charge is 0.408 e. The lowest BCUT2D eigenvalue weighted by Gasteiger charge is -2.24. The maximum absolute atomic E-state index is 12.5. The van der Waals surface area contributed by atoms with Gasteiger partial charge in [0.2, 0.25) is 5.89 Å². The Bertz CT molecular complexity index is 1060. The number of benzene rings is 2. The molecule has 3 aromatic rings. The molecule has 1 amide bonds. The van der Waals surface area contributed by atoms with Gasteiger partial charge < -0.3 is 23.9 Å². The van der Waals surface area contributed by atoms with Gasteiger partial charge in [0, 0.05) is 0 Å². The molecule has 0 saturated heterocycles. The van der Waals surface area contributed by atoms with E-state index in [4.69, 9.17) is 13.9 Å². The van der Waals surface area contributed by atoms with E-state index in [1.807, 2.05) is 69.3 Å². The highest BCUT2D eigenvalue weighted by atomic mass is 16.6. The van der Waals surface area contributed by atoms with Crippen molar-refractivity contribution in [1.82, 2.24) is 10.3 Å². The molecule has 0 aliphatic heterocycles. The van der Waals surface area contributed by atoms with Crippen LogP contribution < -0.4 is 10.1 Å². The summed E-state index contributed by atoms with van der Waals surface area (Å²) < 4.78 is 21.1. The summed E-state index contributed by atoms with van der Waals surface area (Å²) in [7, 11) is 1.27. The SMILES string of the molecule is COC(=O)c1coc(COc2cccc([C@@H](NC(=O)OC(C)(C)C)c3ccccc3)c2)n1. The van der Waals surface area contributed by atoms with Gasteiger partial charge in [-0.15, -0.1) is 0 Å². The second-order valence-corrected chi connectivity index (χ2v) is 7.97. The molecule has 0 spiro atoms. The fourth-order valence-corrected chi connectivity index (χ4v) is 2.93. The summed E-state index contributed by atoms with van der Waals surface area (Å²) in [4.78, 5) is 28.0. The molecule has 0 bridgehead atoms. The molecule has 2 aromatic carbocycles. The molecule has 1 heterocycles. The topological polar surface area (TPSA) is 99.9 Å². The van der Waals surface area contributed by atoms with Crippen LogP contribution in [0.1, 0.15) is 54.3 Å². The van der Waals surface area contributed by atoms with Crippen molar-refractivity contribution in [2.45, 2.75) is 39.0 Å². The molecule has 168 valence electrons. The van der Waals surface area contributed by atoms with Crippen LogP contribution in [0.15, 0.2) is 65.3 Å². The van der Waals surface area contributed by atoms with E-state index < -0.39 is 23.7 Å². The number of oxazole rings is 1. The van der Waals surface area contributed by atoms with E-state index in [0.717, 1.165) is 11.1 Å². The van der Waals surface area contributed by atoms with Gasteiger partial charge in [-0.2, -0.15) is 0 Å². The van der Waals surface area contributed by atoms with Gasteiger partial charge in [0.05, 0.1) is 13.2 Å². The summed E-state index contributed by atoms with van der Waals surface area (Å²) >= 11 is 0. The summed E-state index contributed by atoms with van der Waals surface area (Å²) in [5, 5.41) is 2.93. The van der Waals surface area contributed by atoms with Crippen molar-refractivity contribution in [3.05, 3.63) is 83.6 Å². The molecule has 0 radical (unpaired) electrons. The monoisotopic (exact) mass is 438 g/mol. The molecule has 3 rings (SSSR count). The number of carbonyl (C=O) groups excluding carboxylic acids is 2. The molecule has 8 heteroatoms. The standard InChI is InChI=1S/C24H26N2O6/c1-24(2,3)32-23(28)26-21(16-9-6-5-7-10-16)17-11-8-12-18(13-17)30-15-20-25-19(14-31-20)22(27)29-4/h5-14,21H,15H2,1-4H3,(H,26,28)/t21-/m0/s1. The molecule has 32 heavy (non-hydrogen) atoms. The van der Waals surface area contributed by atoms with E-state index in [0.29, 0.717) is 5.75 Å². The molecular weight excluding hydrogens is 412 g/mol. The third-order valence-corrected chi connectivity index (χ3v) is 4.29. The minimum absolute atomic E-state index is 0.0238. The van der Waals surface area contributed by atoms with Crippen LogP contribution in [-0.4, -0.2) is 29.8 Å². The van der Waals surface area contributed by atoms with Crippen molar-refractivity contribution < 1.29 is 28.2 Å². The number of aromatic nitrogens is 1. The average molecular weight is 438 g/mol. The Hall–Kier alpha value is -3.81. The van der Waals surface area contributed by atoms with Gasteiger partial charge in [-0.05, 0) is 44.0 Å². The lowest BCUT2D eigenvalue weighted by molar-refractivity contribution is 0.0511. The second-order valence-electron chi connectivity index (χ2n) is 7.97. The van der Waals surface area contributed by atoms with Crippen LogP contribution in [0.3, 0.4) is 0 Å². The van der Waals surface area contributed by atoms with Crippen molar-refractivity contribution in [2.75, 3.05) is 7.11 Å². The van der Waals surface area contributed by atoms with Crippen molar-refractivity contribution in [3.8, 4) is 5.75 Å². The van der Waals surface area contributed by atoms with E-state index >= 15 is 0 Å². The molecule has 0 aliphatic rings. The van der Waals surface area contributed by atoms with E-state index in [1.54, 1.807) is 6.07 Å². The first kappa shape index (κ1) is 22.9. The zero-order valence-corrected chi connectivity index (χ0v) is 18.5. The normalized spacial score (nSPS) is 12.0. The Labute approximate surface area is 186 Å². The Morgan fingerprint density at radius 3 is 2.47 bits per heavy atom. The Kier molecular flexibility index (Phi) is 7.14. The van der Waals surface area contributed by atoms with E-state index in [2.05, 4.69) is 15.0 Å². The van der Waals surface area contributed by atoms with Crippen LogP contribution in [0.25, 0.3) is 0 Å². The third kappa shape index (κ3) is 6.34. The van der Waals surface area contributed by atoms with Gasteiger partial charge in [0.25, 0.3) is 0 Å². The number of ether oxygens (including phenoxy) is 3. The van der Waals surface area contributed by atoms with E-state index in [9.17, 15) is 9.59 Å². The molecular formula is C24H26N2O6. The van der Waals surface area contributed by atoms with Gasteiger partial charge in [-0.25, -0.2) is 14.6 Å². The molecule has 0 fully saturated rings. The number of carbonyl (C=O) groups is 2. The van der Waals surface area contributed by atoms with Crippen LogP contribution >= 0.6 is 0 Å². The fourth-order valence-electron chi connectivity index (χ4n) is 2.93. The molecule has 0 unspecified atom stereocenters. The van der Waals surface area contributed by atoms with Crippen LogP contribution in [0.4, 0.5) is 4.79 Å². The molecule has 1 aromatic heterocycles. The fraction of sp³-hybridized carbons (Fsp3) is 0.292. The zero-order chi connectivity index (χ0) is 23.1. The summed E-state index contributed by atoms with van der Waals surface area (Å²) in [6.07, 6.45) is 0.699. The number of esters is 1.